The molecule has 0 saturated heterocycles. The van der Waals surface area contributed by atoms with Gasteiger partial charge in [-0.15, -0.1) is 0 Å². The number of unbranched alkanes of at least 4 members (excludes halogenated alkanes) is 25. The second-order valence-corrected chi connectivity index (χ2v) is 19.8. The van der Waals surface area contributed by atoms with Gasteiger partial charge in [-0.1, -0.05) is 167 Å². The second-order valence-electron chi connectivity index (χ2n) is 17.2. The highest BCUT2D eigenvalue weighted by Crippen LogP contribution is 2.48. The lowest BCUT2D eigenvalue weighted by atomic mass is 9.85. The zero-order valence-corrected chi connectivity index (χ0v) is 40.3. The lowest BCUT2D eigenvalue weighted by Gasteiger charge is -2.43. The van der Waals surface area contributed by atoms with E-state index in [2.05, 4.69) is 30.5 Å². The first kappa shape index (κ1) is 59.8. The molecule has 1 rings (SSSR count). The third-order valence-corrected chi connectivity index (χ3v) is 12.8. The normalized spacial score (nSPS) is 22.0. The number of hydrogen-bond donors (Lipinski definition) is 7. The minimum Gasteiger partial charge on any atom is -0.462 e. The molecular formula is C45H86O16P2. The third kappa shape index (κ3) is 31.4. The van der Waals surface area contributed by atoms with Gasteiger partial charge in [-0.25, -0.2) is 9.13 Å². The summed E-state index contributed by atoms with van der Waals surface area (Å²) in [5, 5.41) is 41.5. The molecule has 0 aliphatic heterocycles. The molecule has 0 amide bonds. The van der Waals surface area contributed by atoms with Crippen molar-refractivity contribution in [3.05, 3.63) is 12.2 Å². The monoisotopic (exact) mass is 945 g/mol. The number of phosphoric acid groups is 2. The summed E-state index contributed by atoms with van der Waals surface area (Å²) in [6.45, 7) is 3.14. The molecule has 0 bridgehead atoms. The van der Waals surface area contributed by atoms with Crippen LogP contribution in [-0.2, 0) is 41.8 Å². The number of hydrogen-bond acceptors (Lipinski definition) is 13. The molecule has 0 aromatic rings. The third-order valence-electron chi connectivity index (χ3n) is 11.3. The summed E-state index contributed by atoms with van der Waals surface area (Å²) in [6.07, 6.45) is 21.8. The van der Waals surface area contributed by atoms with Gasteiger partial charge in [-0.05, 0) is 38.5 Å². The maximum absolute atomic E-state index is 12.9. The van der Waals surface area contributed by atoms with Gasteiger partial charge in [0.25, 0.3) is 0 Å². The number of allylic oxidation sites excluding steroid dienone is 2. The van der Waals surface area contributed by atoms with Crippen molar-refractivity contribution in [2.75, 3.05) is 13.2 Å². The van der Waals surface area contributed by atoms with E-state index >= 15 is 0 Å². The topological polar surface area (TPSA) is 256 Å². The minimum atomic E-state index is -5.31. The minimum absolute atomic E-state index is 0.0447. The molecule has 3 unspecified atom stereocenters. The maximum atomic E-state index is 12.9. The molecule has 8 atom stereocenters. The van der Waals surface area contributed by atoms with E-state index in [-0.39, 0.29) is 12.8 Å². The second kappa shape index (κ2) is 36.8. The average Bonchev–Trinajstić information content (AvgIpc) is 3.23. The fraction of sp³-hybridized carbons (Fsp3) is 0.911. The number of aliphatic hydroxyl groups excluding tert-OH is 4. The highest BCUT2D eigenvalue weighted by atomic mass is 31.2. The standard InChI is InChI=1S/C45H86O16P2/c1-3-5-7-9-11-13-15-17-19-21-23-25-27-29-31-33-38(46)57-35-37(59-39(47)34-32-30-28-26-24-22-20-18-16-14-12-10-8-6-4-2)36-58-63(55,56)61-45-42(50)40(48)44(41(49)43(45)51)60-62(52,53)54/h18,20,37,40-45,48-51H,3-17,19,21-36H2,1-2H3,(H,55,56)(H2,52,53,54)/b20-18-/t37-,40-,41+,42-,43-,44?,45?/m1/s1. The predicted octanol–water partition coefficient (Wildman–Crippen LogP) is 9.18. The van der Waals surface area contributed by atoms with E-state index in [1.807, 2.05) is 0 Å². The summed E-state index contributed by atoms with van der Waals surface area (Å²) >= 11 is 0. The SMILES string of the molecule is CCCCCCCC/C=C\CCCCCCCC(=O)O[C@H](COC(=O)CCCCCCCCCCCCCCCCC)COP(=O)(O)OC1[C@H](O)[C@H](O)C(OP(=O)(O)O)[C@H](O)[C@H]1O. The Bertz CT molecular complexity index is 1270. The van der Waals surface area contributed by atoms with Crippen molar-refractivity contribution in [3.8, 4) is 0 Å². The first-order chi connectivity index (χ1) is 30.1. The fourth-order valence-electron chi connectivity index (χ4n) is 7.55. The summed E-state index contributed by atoms with van der Waals surface area (Å²) in [7, 11) is -10.6. The van der Waals surface area contributed by atoms with Crippen LogP contribution in [0.1, 0.15) is 206 Å². The molecule has 1 saturated carbocycles. The number of aliphatic hydroxyl groups is 4. The van der Waals surface area contributed by atoms with Gasteiger partial charge in [0.15, 0.2) is 6.10 Å². The van der Waals surface area contributed by atoms with Crippen LogP contribution in [0.2, 0.25) is 0 Å². The Hall–Kier alpha value is -1.26. The Morgan fingerprint density at radius 3 is 1.24 bits per heavy atom. The van der Waals surface area contributed by atoms with Gasteiger partial charge in [0.1, 0.15) is 43.2 Å². The van der Waals surface area contributed by atoms with Crippen LogP contribution in [0.5, 0.6) is 0 Å². The molecule has 16 nitrogen and oxygen atoms in total. The average molecular weight is 945 g/mol. The molecule has 1 fully saturated rings. The zero-order chi connectivity index (χ0) is 46.8. The number of rotatable bonds is 41. The molecule has 7 N–H and O–H groups in total. The van der Waals surface area contributed by atoms with Crippen LogP contribution < -0.4 is 0 Å². The Labute approximate surface area is 378 Å². The van der Waals surface area contributed by atoms with Crippen molar-refractivity contribution in [1.29, 1.82) is 0 Å². The molecule has 0 spiro atoms. The first-order valence-corrected chi connectivity index (χ1v) is 27.3. The van der Waals surface area contributed by atoms with Crippen molar-refractivity contribution < 1.29 is 76.9 Å². The number of carbonyl (C=O) groups is 2. The molecule has 1 aliphatic carbocycles. The summed E-state index contributed by atoms with van der Waals surface area (Å²) in [6, 6.07) is 0. The predicted molar refractivity (Wildman–Crippen MR) is 241 cm³/mol. The van der Waals surface area contributed by atoms with Crippen LogP contribution in [-0.4, -0.2) is 103 Å². The molecule has 1 aliphatic rings. The fourth-order valence-corrected chi connectivity index (χ4v) is 9.09. The van der Waals surface area contributed by atoms with Gasteiger partial charge in [0.05, 0.1) is 6.61 Å². The quantitative estimate of drug-likeness (QED) is 0.0130. The van der Waals surface area contributed by atoms with Crippen molar-refractivity contribution >= 4 is 27.6 Å². The van der Waals surface area contributed by atoms with E-state index in [1.54, 1.807) is 0 Å². The first-order valence-electron chi connectivity index (χ1n) is 24.2. The summed E-state index contributed by atoms with van der Waals surface area (Å²) in [5.41, 5.74) is 0. The molecular weight excluding hydrogens is 858 g/mol. The van der Waals surface area contributed by atoms with Crippen LogP contribution in [0.15, 0.2) is 12.2 Å². The Balaban J connectivity index is 2.56. The van der Waals surface area contributed by atoms with Crippen molar-refractivity contribution in [1.82, 2.24) is 0 Å². The number of esters is 2. The molecule has 0 aromatic carbocycles. The van der Waals surface area contributed by atoms with Gasteiger partial charge < -0.3 is 44.6 Å². The summed E-state index contributed by atoms with van der Waals surface area (Å²) in [4.78, 5) is 54.0. The highest BCUT2D eigenvalue weighted by molar-refractivity contribution is 7.47. The van der Waals surface area contributed by atoms with E-state index < -0.39 is 83.5 Å². The van der Waals surface area contributed by atoms with Crippen LogP contribution >= 0.6 is 15.6 Å². The number of ether oxygens (including phenoxy) is 2. The molecule has 0 heterocycles. The van der Waals surface area contributed by atoms with Crippen LogP contribution in [0, 0.1) is 0 Å². The Morgan fingerprint density at radius 1 is 0.492 bits per heavy atom. The van der Waals surface area contributed by atoms with Crippen LogP contribution in [0.4, 0.5) is 0 Å². The van der Waals surface area contributed by atoms with E-state index in [4.69, 9.17) is 28.3 Å². The molecule has 63 heavy (non-hydrogen) atoms. The summed E-state index contributed by atoms with van der Waals surface area (Å²) in [5.74, 6) is -1.19. The van der Waals surface area contributed by atoms with Crippen LogP contribution in [0.3, 0.4) is 0 Å². The van der Waals surface area contributed by atoms with Gasteiger partial charge >= 0.3 is 27.6 Å². The van der Waals surface area contributed by atoms with E-state index in [9.17, 15) is 44.0 Å². The van der Waals surface area contributed by atoms with Gasteiger partial charge in [0.2, 0.25) is 0 Å². The summed E-state index contributed by atoms with van der Waals surface area (Å²) < 4.78 is 49.2. The Morgan fingerprint density at radius 2 is 0.841 bits per heavy atom. The molecule has 0 radical (unpaired) electrons. The van der Waals surface area contributed by atoms with Gasteiger partial charge in [0, 0.05) is 12.8 Å². The van der Waals surface area contributed by atoms with Crippen molar-refractivity contribution in [3.63, 3.8) is 0 Å². The van der Waals surface area contributed by atoms with Gasteiger partial charge in [-0.2, -0.15) is 0 Å². The van der Waals surface area contributed by atoms with Crippen molar-refractivity contribution in [2.24, 2.45) is 0 Å². The van der Waals surface area contributed by atoms with Crippen LogP contribution in [0.25, 0.3) is 0 Å². The highest BCUT2D eigenvalue weighted by Gasteiger charge is 2.54. The lowest BCUT2D eigenvalue weighted by Crippen LogP contribution is -2.64. The molecule has 18 heteroatoms. The van der Waals surface area contributed by atoms with Gasteiger partial charge in [-0.3, -0.25) is 23.2 Å². The van der Waals surface area contributed by atoms with E-state index in [0.717, 1.165) is 64.2 Å². The molecule has 0 aromatic heterocycles. The number of phosphoric ester groups is 2. The van der Waals surface area contributed by atoms with E-state index in [1.165, 1.54) is 103 Å². The lowest BCUT2D eigenvalue weighted by molar-refractivity contribution is -0.216. The number of carbonyl (C=O) groups excluding carboxylic acids is 2. The molecule has 372 valence electrons. The maximum Gasteiger partial charge on any atom is 0.472 e. The smallest absolute Gasteiger partial charge is 0.462 e. The van der Waals surface area contributed by atoms with Crippen molar-refractivity contribution in [2.45, 2.75) is 249 Å². The zero-order valence-electron chi connectivity index (χ0n) is 38.5. The Kier molecular flexibility index (Phi) is 34.9. The van der Waals surface area contributed by atoms with E-state index in [0.29, 0.717) is 12.8 Å². The largest absolute Gasteiger partial charge is 0.472 e.